The topological polar surface area (TPSA) is 82.6 Å². The lowest BCUT2D eigenvalue weighted by Gasteiger charge is -2.54. The summed E-state index contributed by atoms with van der Waals surface area (Å²) < 4.78 is 11.5. The first-order valence-corrected chi connectivity index (χ1v) is 11.0. The molecule has 2 aromatic rings. The standard InChI is InChI=1S/C22H21B5N4O2/c1-12-9-19(5-4-17(12)32-22(25,26)27)10-14-3-2-13(16-11-29-6-7-30-16)8-15(14)20(19)21(23,24)33-18(28)31-20/h2-3,6-8,11-12,17H,4-5,9-10H2,1H3,(H2,28,31)/t12-,17-,19-,20-/m0/s1. The second kappa shape index (κ2) is 7.43. The third-order valence-electron chi connectivity index (χ3n) is 7.38. The van der Waals surface area contributed by atoms with E-state index in [0.29, 0.717) is 19.3 Å². The zero-order chi connectivity index (χ0) is 23.6. The van der Waals surface area contributed by atoms with Crippen molar-refractivity contribution in [3.05, 3.63) is 47.9 Å². The van der Waals surface area contributed by atoms with Crippen LogP contribution in [0.2, 0.25) is 0 Å². The maximum absolute atomic E-state index is 6.64. The van der Waals surface area contributed by atoms with E-state index in [9.17, 15) is 0 Å². The van der Waals surface area contributed by atoms with Crippen LogP contribution >= 0.6 is 0 Å². The molecule has 1 aromatic heterocycles. The summed E-state index contributed by atoms with van der Waals surface area (Å²) in [6, 6.07) is 6.12. The summed E-state index contributed by atoms with van der Waals surface area (Å²) in [5.74, 6) is 0.0623. The Bertz CT molecular complexity index is 1110. The Hall–Kier alpha value is -2.15. The quantitative estimate of drug-likeness (QED) is 0.723. The fourth-order valence-corrected chi connectivity index (χ4v) is 6.26. The van der Waals surface area contributed by atoms with E-state index in [2.05, 4.69) is 23.0 Å². The second-order valence-electron chi connectivity index (χ2n) is 9.71. The van der Waals surface area contributed by atoms with Crippen molar-refractivity contribution in [2.45, 2.75) is 54.9 Å². The van der Waals surface area contributed by atoms with Gasteiger partial charge in [-0.15, -0.1) is 0 Å². The van der Waals surface area contributed by atoms with E-state index in [-0.39, 0.29) is 18.0 Å². The van der Waals surface area contributed by atoms with Crippen molar-refractivity contribution in [2.75, 3.05) is 0 Å². The molecular formula is C22H21B5N4O2. The number of rotatable bonds is 3. The average Bonchev–Trinajstić information content (AvgIpc) is 3.14. The zero-order valence-electron chi connectivity index (χ0n) is 18.6. The predicted octanol–water partition coefficient (Wildman–Crippen LogP) is 0.539. The molecule has 11 heteroatoms. The third kappa shape index (κ3) is 3.46. The van der Waals surface area contributed by atoms with Crippen LogP contribution in [-0.2, 0) is 21.4 Å². The molecule has 1 aromatic carbocycles. The first-order valence-electron chi connectivity index (χ1n) is 11.0. The summed E-state index contributed by atoms with van der Waals surface area (Å²) >= 11 is 0. The van der Waals surface area contributed by atoms with Crippen LogP contribution < -0.4 is 5.73 Å². The number of benzene rings is 1. The van der Waals surface area contributed by atoms with Crippen molar-refractivity contribution in [3.8, 4) is 11.3 Å². The molecule has 0 saturated heterocycles. The molecule has 2 aliphatic carbocycles. The first kappa shape index (κ1) is 22.6. The molecule has 1 fully saturated rings. The number of aromatic nitrogens is 2. The van der Waals surface area contributed by atoms with Crippen molar-refractivity contribution in [2.24, 2.45) is 22.1 Å². The summed E-state index contributed by atoms with van der Waals surface area (Å²) in [6.45, 7) is 2.08. The summed E-state index contributed by atoms with van der Waals surface area (Å²) in [4.78, 5) is 13.4. The Kier molecular flexibility index (Phi) is 5.09. The van der Waals surface area contributed by atoms with Gasteiger partial charge < -0.3 is 15.2 Å². The van der Waals surface area contributed by atoms with Crippen LogP contribution in [0.4, 0.5) is 0 Å². The van der Waals surface area contributed by atoms with Gasteiger partial charge in [0.05, 0.1) is 46.9 Å². The molecule has 6 nitrogen and oxygen atoms in total. The van der Waals surface area contributed by atoms with Crippen molar-refractivity contribution >= 4 is 45.3 Å². The summed E-state index contributed by atoms with van der Waals surface area (Å²) in [5, 5.41) is -3.33. The van der Waals surface area contributed by atoms with Crippen LogP contribution in [0.25, 0.3) is 11.3 Å². The lowest BCUT2D eigenvalue weighted by atomic mass is 9.44. The molecule has 4 atom stereocenters. The van der Waals surface area contributed by atoms with Crippen LogP contribution in [0, 0.1) is 11.3 Å². The number of nitrogens with zero attached hydrogens (tertiary/aromatic N) is 3. The minimum atomic E-state index is -1.70. The van der Waals surface area contributed by atoms with Crippen LogP contribution in [0.5, 0.6) is 0 Å². The summed E-state index contributed by atoms with van der Waals surface area (Å²) in [7, 11) is 30.4. The normalized spacial score (nSPS) is 32.5. The number of hydrogen-bond acceptors (Lipinski definition) is 6. The van der Waals surface area contributed by atoms with Gasteiger partial charge in [0.15, 0.2) is 0 Å². The molecule has 0 unspecified atom stereocenters. The van der Waals surface area contributed by atoms with Gasteiger partial charge in [-0.05, 0) is 54.1 Å². The largest absolute Gasteiger partial charge is 0.476 e. The Morgan fingerprint density at radius 3 is 2.61 bits per heavy atom. The van der Waals surface area contributed by atoms with Gasteiger partial charge in [0.1, 0.15) is 21.2 Å². The van der Waals surface area contributed by atoms with Crippen LogP contribution in [0.3, 0.4) is 0 Å². The van der Waals surface area contributed by atoms with E-state index in [1.165, 1.54) is 0 Å². The van der Waals surface area contributed by atoms with E-state index < -0.39 is 21.7 Å². The maximum Gasteiger partial charge on any atom is 0.281 e. The molecule has 33 heavy (non-hydrogen) atoms. The maximum atomic E-state index is 6.64. The Morgan fingerprint density at radius 2 is 2.00 bits per heavy atom. The molecule has 2 spiro atoms. The first-order chi connectivity index (χ1) is 15.5. The van der Waals surface area contributed by atoms with Crippen molar-refractivity contribution in [3.63, 3.8) is 0 Å². The number of hydrogen-bond donors (Lipinski definition) is 1. The van der Waals surface area contributed by atoms with E-state index in [1.54, 1.807) is 18.6 Å². The smallest absolute Gasteiger partial charge is 0.281 e. The molecule has 3 aliphatic rings. The van der Waals surface area contributed by atoms with E-state index in [1.807, 2.05) is 12.1 Å². The predicted molar refractivity (Wildman–Crippen MR) is 130 cm³/mol. The van der Waals surface area contributed by atoms with Gasteiger partial charge in [0.25, 0.3) is 6.02 Å². The highest BCUT2D eigenvalue weighted by Crippen LogP contribution is 2.65. The number of aliphatic imine (C=N–C) groups is 1. The zero-order valence-corrected chi connectivity index (χ0v) is 18.6. The monoisotopic (exact) mass is 428 g/mol. The van der Waals surface area contributed by atoms with Gasteiger partial charge in [-0.25, -0.2) is 4.99 Å². The van der Waals surface area contributed by atoms with Crippen LogP contribution in [-0.4, -0.2) is 72.0 Å². The van der Waals surface area contributed by atoms with E-state index in [4.69, 9.17) is 59.4 Å². The lowest BCUT2D eigenvalue weighted by molar-refractivity contribution is -0.0743. The van der Waals surface area contributed by atoms with Crippen molar-refractivity contribution in [1.29, 1.82) is 0 Å². The molecule has 0 bridgehead atoms. The summed E-state index contributed by atoms with van der Waals surface area (Å²) in [6.07, 6.45) is 7.56. The molecule has 1 aliphatic heterocycles. The SMILES string of the molecule is [B]C([B])([B])O[C@H]1CC[C@@]2(Cc3ccc(-c4cnccn4)cc3[C@]23N=C(N)OC3([B])[B])C[C@@H]1C. The minimum absolute atomic E-state index is 0.0203. The highest BCUT2D eigenvalue weighted by molar-refractivity contribution is 6.58. The third-order valence-corrected chi connectivity index (χ3v) is 7.38. The summed E-state index contributed by atoms with van der Waals surface area (Å²) in [5.41, 5.74) is 8.18. The Labute approximate surface area is 201 Å². The van der Waals surface area contributed by atoms with Crippen molar-refractivity contribution < 1.29 is 9.47 Å². The molecule has 2 heterocycles. The van der Waals surface area contributed by atoms with Crippen LogP contribution in [0.1, 0.15) is 37.3 Å². The van der Waals surface area contributed by atoms with Crippen molar-refractivity contribution in [1.82, 2.24) is 9.97 Å². The number of fused-ring (bicyclic) bond motifs is 3. The number of amidine groups is 1. The van der Waals surface area contributed by atoms with Gasteiger partial charge in [-0.1, -0.05) is 19.1 Å². The van der Waals surface area contributed by atoms with Gasteiger partial charge in [0.2, 0.25) is 0 Å². The average molecular weight is 427 g/mol. The minimum Gasteiger partial charge on any atom is -0.476 e. The highest BCUT2D eigenvalue weighted by atomic mass is 16.5. The van der Waals surface area contributed by atoms with Gasteiger partial charge >= 0.3 is 0 Å². The molecule has 5 rings (SSSR count). The molecule has 2 N–H and O–H groups in total. The fraction of sp³-hybridized carbons (Fsp3) is 0.500. The fourth-order valence-electron chi connectivity index (χ4n) is 6.26. The highest BCUT2D eigenvalue weighted by Gasteiger charge is 2.68. The van der Waals surface area contributed by atoms with Crippen LogP contribution in [0.15, 0.2) is 41.8 Å². The van der Waals surface area contributed by atoms with Gasteiger partial charge in [-0.3, -0.25) is 9.97 Å². The van der Waals surface area contributed by atoms with E-state index in [0.717, 1.165) is 28.8 Å². The molecule has 0 amide bonds. The van der Waals surface area contributed by atoms with Gasteiger partial charge in [0, 0.05) is 23.4 Å². The Balaban J connectivity index is 1.62. The van der Waals surface area contributed by atoms with Gasteiger partial charge in [-0.2, -0.15) is 0 Å². The van der Waals surface area contributed by atoms with E-state index >= 15 is 0 Å². The molecular weight excluding hydrogens is 406 g/mol. The number of nitrogens with two attached hydrogens (primary N) is 1. The lowest BCUT2D eigenvalue weighted by Crippen LogP contribution is -2.60. The molecule has 156 valence electrons. The molecule has 10 radical (unpaired) electrons. The Morgan fingerprint density at radius 1 is 1.21 bits per heavy atom. The second-order valence-corrected chi connectivity index (χ2v) is 9.71. The molecule has 1 saturated carbocycles. The number of ether oxygens (including phenoxy) is 2.